The fraction of sp³-hybridized carbons (Fsp3) is 0.267. The van der Waals surface area contributed by atoms with E-state index < -0.39 is 36.2 Å². The smallest absolute Gasteiger partial charge is 0.338 e. The molecule has 1 aliphatic heterocycles. The zero-order chi connectivity index (χ0) is 36.6. The first-order chi connectivity index (χ1) is 26.1. The molecule has 0 saturated carbocycles. The van der Waals surface area contributed by atoms with Gasteiger partial charge in [0, 0.05) is 0 Å². The molecule has 1 saturated heterocycles. The molecule has 8 heteroatoms. The van der Waals surface area contributed by atoms with Crippen LogP contribution in [0, 0.1) is 0 Å². The number of hydrogen-bond donors (Lipinski definition) is 0. The lowest BCUT2D eigenvalue weighted by atomic mass is 9.91. The summed E-state index contributed by atoms with van der Waals surface area (Å²) in [6.45, 7) is 5.49. The normalized spacial score (nSPS) is 21.1. The average molecular weight is 715 g/mol. The standard InChI is InChI=1S/C45H46O8/c1-2-45(52-29-28-48-44(46)39-26-16-7-17-27-39)43(51-33-38-24-14-6-15-25-38)42(50-32-37-22-12-5-13-23-37)41(49-31-36-20-10-4-11-21-36)40(53-45)34-47-30-35-18-8-3-9-19-35/h2-27,40-43H,1,28-34H2/t40-,41-,42+,43-,45+/m1/s1. The van der Waals surface area contributed by atoms with Crippen molar-refractivity contribution in [1.82, 2.24) is 0 Å². The molecule has 1 aliphatic rings. The van der Waals surface area contributed by atoms with E-state index in [0.29, 0.717) is 18.8 Å². The Kier molecular flexibility index (Phi) is 14.1. The SMILES string of the molecule is C=C[C@]1(OCCOC(=O)c2ccccc2)O[C@H](COCc2ccccc2)[C@@H](OCc2ccccc2)[C@H](OCc2ccccc2)[C@H]1OCc1ccccc1. The van der Waals surface area contributed by atoms with Crippen molar-refractivity contribution >= 4 is 5.97 Å². The van der Waals surface area contributed by atoms with Crippen LogP contribution in [-0.2, 0) is 59.6 Å². The third kappa shape index (κ3) is 10.8. The van der Waals surface area contributed by atoms with Crippen LogP contribution in [0.25, 0.3) is 0 Å². The molecule has 0 aromatic heterocycles. The summed E-state index contributed by atoms with van der Waals surface area (Å²) < 4.78 is 45.7. The van der Waals surface area contributed by atoms with E-state index in [1.807, 2.05) is 127 Å². The first-order valence-electron chi connectivity index (χ1n) is 17.9. The highest BCUT2D eigenvalue weighted by Crippen LogP contribution is 2.39. The number of ether oxygens (including phenoxy) is 7. The van der Waals surface area contributed by atoms with Gasteiger partial charge < -0.3 is 33.2 Å². The molecule has 0 radical (unpaired) electrons. The summed E-state index contributed by atoms with van der Waals surface area (Å²) in [4.78, 5) is 12.8. The van der Waals surface area contributed by atoms with E-state index in [2.05, 4.69) is 6.58 Å². The lowest BCUT2D eigenvalue weighted by Crippen LogP contribution is -2.67. The highest BCUT2D eigenvalue weighted by molar-refractivity contribution is 5.89. The first kappa shape index (κ1) is 37.8. The van der Waals surface area contributed by atoms with Gasteiger partial charge in [-0.15, -0.1) is 0 Å². The largest absolute Gasteiger partial charge is 0.460 e. The van der Waals surface area contributed by atoms with Gasteiger partial charge in [-0.3, -0.25) is 0 Å². The summed E-state index contributed by atoms with van der Waals surface area (Å²) in [5, 5.41) is 0. The summed E-state index contributed by atoms with van der Waals surface area (Å²) in [7, 11) is 0. The van der Waals surface area contributed by atoms with Crippen LogP contribution >= 0.6 is 0 Å². The van der Waals surface area contributed by atoms with Gasteiger partial charge in [0.25, 0.3) is 0 Å². The molecule has 0 amide bonds. The molecule has 0 aliphatic carbocycles. The molecular formula is C45H46O8. The first-order valence-corrected chi connectivity index (χ1v) is 17.9. The van der Waals surface area contributed by atoms with E-state index in [1.54, 1.807) is 30.3 Å². The highest BCUT2D eigenvalue weighted by Gasteiger charge is 2.56. The van der Waals surface area contributed by atoms with Crippen LogP contribution in [-0.4, -0.2) is 56.0 Å². The minimum absolute atomic E-state index is 0.00563. The van der Waals surface area contributed by atoms with Crippen LogP contribution < -0.4 is 0 Å². The second-order valence-electron chi connectivity index (χ2n) is 12.7. The predicted molar refractivity (Wildman–Crippen MR) is 202 cm³/mol. The number of hydrogen-bond acceptors (Lipinski definition) is 8. The van der Waals surface area contributed by atoms with Crippen LogP contribution in [0.1, 0.15) is 32.6 Å². The van der Waals surface area contributed by atoms with Crippen molar-refractivity contribution in [3.05, 3.63) is 192 Å². The maximum absolute atomic E-state index is 12.8. The van der Waals surface area contributed by atoms with Gasteiger partial charge in [0.15, 0.2) is 0 Å². The van der Waals surface area contributed by atoms with E-state index in [1.165, 1.54) is 0 Å². The monoisotopic (exact) mass is 714 g/mol. The van der Waals surface area contributed by atoms with Crippen molar-refractivity contribution in [2.45, 2.75) is 56.6 Å². The molecule has 6 rings (SSSR count). The van der Waals surface area contributed by atoms with Gasteiger partial charge in [0.05, 0.1) is 45.2 Å². The maximum atomic E-state index is 12.8. The lowest BCUT2D eigenvalue weighted by molar-refractivity contribution is -0.364. The Labute approximate surface area is 311 Å². The van der Waals surface area contributed by atoms with Crippen molar-refractivity contribution in [3.8, 4) is 0 Å². The number of benzene rings is 5. The molecule has 5 aromatic rings. The van der Waals surface area contributed by atoms with Crippen LogP contribution in [0.2, 0.25) is 0 Å². The molecule has 0 bridgehead atoms. The van der Waals surface area contributed by atoms with Gasteiger partial charge >= 0.3 is 5.97 Å². The minimum Gasteiger partial charge on any atom is -0.460 e. The molecule has 0 N–H and O–H groups in total. The minimum atomic E-state index is -1.54. The Morgan fingerprint density at radius 3 is 1.55 bits per heavy atom. The Bertz CT molecular complexity index is 1790. The number of carbonyl (C=O) groups is 1. The van der Waals surface area contributed by atoms with E-state index in [-0.39, 0.29) is 33.0 Å². The van der Waals surface area contributed by atoms with Gasteiger partial charge in [-0.2, -0.15) is 0 Å². The summed E-state index contributed by atoms with van der Waals surface area (Å²) in [6.07, 6.45) is -1.31. The van der Waals surface area contributed by atoms with Crippen LogP contribution in [0.4, 0.5) is 0 Å². The highest BCUT2D eigenvalue weighted by atomic mass is 16.7. The van der Waals surface area contributed by atoms with Gasteiger partial charge in [-0.1, -0.05) is 146 Å². The van der Waals surface area contributed by atoms with Crippen molar-refractivity contribution in [2.24, 2.45) is 0 Å². The molecule has 1 fully saturated rings. The van der Waals surface area contributed by atoms with Crippen molar-refractivity contribution in [3.63, 3.8) is 0 Å². The lowest BCUT2D eigenvalue weighted by Gasteiger charge is -2.51. The molecule has 0 unspecified atom stereocenters. The van der Waals surface area contributed by atoms with E-state index in [0.717, 1.165) is 22.3 Å². The average Bonchev–Trinajstić information content (AvgIpc) is 3.22. The zero-order valence-electron chi connectivity index (χ0n) is 29.7. The second-order valence-corrected chi connectivity index (χ2v) is 12.7. The van der Waals surface area contributed by atoms with Gasteiger partial charge in [0.2, 0.25) is 5.79 Å². The topological polar surface area (TPSA) is 81.7 Å². The number of esters is 1. The van der Waals surface area contributed by atoms with E-state index >= 15 is 0 Å². The fourth-order valence-corrected chi connectivity index (χ4v) is 6.20. The van der Waals surface area contributed by atoms with Crippen LogP contribution in [0.5, 0.6) is 0 Å². The van der Waals surface area contributed by atoms with Crippen molar-refractivity contribution in [1.29, 1.82) is 0 Å². The van der Waals surface area contributed by atoms with Crippen LogP contribution in [0.3, 0.4) is 0 Å². The van der Waals surface area contributed by atoms with E-state index in [9.17, 15) is 4.79 Å². The van der Waals surface area contributed by atoms with Gasteiger partial charge in [0.1, 0.15) is 31.0 Å². The Morgan fingerprint density at radius 1 is 0.585 bits per heavy atom. The Hall–Kier alpha value is -4.93. The van der Waals surface area contributed by atoms with Gasteiger partial charge in [-0.05, 0) is 40.5 Å². The summed E-state index contributed by atoms with van der Waals surface area (Å²) >= 11 is 0. The third-order valence-corrected chi connectivity index (χ3v) is 8.90. The summed E-state index contributed by atoms with van der Waals surface area (Å²) in [5.74, 6) is -1.99. The van der Waals surface area contributed by atoms with Crippen molar-refractivity contribution in [2.75, 3.05) is 19.8 Å². The van der Waals surface area contributed by atoms with Crippen molar-refractivity contribution < 1.29 is 38.0 Å². The molecule has 5 atom stereocenters. The molecule has 274 valence electrons. The quantitative estimate of drug-likeness (QED) is 0.0482. The zero-order valence-corrected chi connectivity index (χ0v) is 29.7. The number of carbonyl (C=O) groups excluding carboxylic acids is 1. The number of rotatable bonds is 19. The molecule has 1 heterocycles. The summed E-state index contributed by atoms with van der Waals surface area (Å²) in [5.41, 5.74) is 4.42. The molecular weight excluding hydrogens is 668 g/mol. The van der Waals surface area contributed by atoms with Gasteiger partial charge in [-0.25, -0.2) is 4.79 Å². The van der Waals surface area contributed by atoms with E-state index in [4.69, 9.17) is 33.2 Å². The third-order valence-electron chi connectivity index (χ3n) is 8.90. The Balaban J connectivity index is 1.31. The molecule has 5 aromatic carbocycles. The molecule has 0 spiro atoms. The second kappa shape index (κ2) is 19.8. The Morgan fingerprint density at radius 2 is 1.04 bits per heavy atom. The summed E-state index contributed by atoms with van der Waals surface area (Å²) in [6, 6.07) is 48.6. The predicted octanol–water partition coefficient (Wildman–Crippen LogP) is 8.11. The van der Waals surface area contributed by atoms with Crippen LogP contribution in [0.15, 0.2) is 164 Å². The maximum Gasteiger partial charge on any atom is 0.338 e. The molecule has 8 nitrogen and oxygen atoms in total. The molecule has 53 heavy (non-hydrogen) atoms. The fourth-order valence-electron chi connectivity index (χ4n) is 6.20.